The van der Waals surface area contributed by atoms with Gasteiger partial charge in [0.2, 0.25) is 0 Å². The highest BCUT2D eigenvalue weighted by molar-refractivity contribution is 5.97. The lowest BCUT2D eigenvalue weighted by Gasteiger charge is -2.35. The number of carbonyl (C=O) groups excluding carboxylic acids is 1. The Morgan fingerprint density at radius 3 is 2.27 bits per heavy atom. The van der Waals surface area contributed by atoms with E-state index in [1.54, 1.807) is 0 Å². The van der Waals surface area contributed by atoms with E-state index in [-0.39, 0.29) is 25.9 Å². The molecule has 1 aliphatic heterocycles. The SMILES string of the molecule is COc1c(F)ccc(F)c1C(=O)N1CCC(O)(C(=O)O)CC1. The summed E-state index contributed by atoms with van der Waals surface area (Å²) < 4.78 is 32.2. The highest BCUT2D eigenvalue weighted by Gasteiger charge is 2.41. The molecule has 0 atom stereocenters. The van der Waals surface area contributed by atoms with Gasteiger partial charge in [0.05, 0.1) is 7.11 Å². The molecule has 1 aromatic rings. The number of ether oxygens (including phenoxy) is 1. The number of methoxy groups -OCH3 is 1. The smallest absolute Gasteiger partial charge is 0.335 e. The normalized spacial score (nSPS) is 17.2. The second-order valence-electron chi connectivity index (χ2n) is 5.07. The van der Waals surface area contributed by atoms with Gasteiger partial charge >= 0.3 is 5.97 Å². The van der Waals surface area contributed by atoms with Crippen LogP contribution in [-0.4, -0.2) is 52.8 Å². The number of rotatable bonds is 3. The van der Waals surface area contributed by atoms with Gasteiger partial charge < -0.3 is 19.8 Å². The first kappa shape index (κ1) is 16.2. The van der Waals surface area contributed by atoms with Crippen molar-refractivity contribution in [1.29, 1.82) is 0 Å². The molecule has 0 saturated carbocycles. The molecule has 1 amide bonds. The monoisotopic (exact) mass is 315 g/mol. The molecule has 0 radical (unpaired) electrons. The molecule has 0 aromatic heterocycles. The summed E-state index contributed by atoms with van der Waals surface area (Å²) in [5, 5.41) is 18.7. The van der Waals surface area contributed by atoms with Gasteiger partial charge in [-0.25, -0.2) is 13.6 Å². The molecule has 6 nitrogen and oxygen atoms in total. The molecule has 22 heavy (non-hydrogen) atoms. The Bertz CT molecular complexity index is 611. The zero-order valence-corrected chi connectivity index (χ0v) is 11.8. The van der Waals surface area contributed by atoms with Crippen LogP contribution in [0.3, 0.4) is 0 Å². The molecule has 120 valence electrons. The zero-order valence-electron chi connectivity index (χ0n) is 11.8. The molecule has 0 bridgehead atoms. The number of aliphatic carboxylic acids is 1. The fourth-order valence-electron chi connectivity index (χ4n) is 2.38. The van der Waals surface area contributed by atoms with Gasteiger partial charge in [-0.3, -0.25) is 4.79 Å². The van der Waals surface area contributed by atoms with Crippen LogP contribution in [0.1, 0.15) is 23.2 Å². The lowest BCUT2D eigenvalue weighted by molar-refractivity contribution is -0.162. The van der Waals surface area contributed by atoms with Crippen molar-refractivity contribution in [3.05, 3.63) is 29.3 Å². The van der Waals surface area contributed by atoms with E-state index in [1.165, 1.54) is 0 Å². The third-order valence-electron chi connectivity index (χ3n) is 3.75. The molecule has 0 unspecified atom stereocenters. The number of hydrogen-bond donors (Lipinski definition) is 2. The Kier molecular flexibility index (Phi) is 4.32. The highest BCUT2D eigenvalue weighted by atomic mass is 19.1. The van der Waals surface area contributed by atoms with Gasteiger partial charge in [0.25, 0.3) is 5.91 Å². The highest BCUT2D eigenvalue weighted by Crippen LogP contribution is 2.29. The quantitative estimate of drug-likeness (QED) is 0.870. The Morgan fingerprint density at radius 2 is 1.77 bits per heavy atom. The fraction of sp³-hybridized carbons (Fsp3) is 0.429. The molecule has 2 rings (SSSR count). The minimum atomic E-state index is -1.90. The number of benzene rings is 1. The van der Waals surface area contributed by atoms with Crippen LogP contribution in [-0.2, 0) is 4.79 Å². The second kappa shape index (κ2) is 5.88. The minimum absolute atomic E-state index is 0.0826. The van der Waals surface area contributed by atoms with Crippen molar-refractivity contribution in [1.82, 2.24) is 4.90 Å². The van der Waals surface area contributed by atoms with Crippen LogP contribution in [0.2, 0.25) is 0 Å². The first-order chi connectivity index (χ1) is 10.3. The summed E-state index contributed by atoms with van der Waals surface area (Å²) >= 11 is 0. The van der Waals surface area contributed by atoms with Crippen LogP contribution >= 0.6 is 0 Å². The standard InChI is InChI=1S/C14H15F2NO5/c1-22-11-9(16)3-2-8(15)10(11)12(18)17-6-4-14(21,5-7-17)13(19)20/h2-3,21H,4-7H2,1H3,(H,19,20). The van der Waals surface area contributed by atoms with Crippen LogP contribution in [0.4, 0.5) is 8.78 Å². The maximum Gasteiger partial charge on any atom is 0.335 e. The van der Waals surface area contributed by atoms with Gasteiger partial charge in [-0.2, -0.15) is 0 Å². The van der Waals surface area contributed by atoms with E-state index in [1.807, 2.05) is 0 Å². The molecule has 1 fully saturated rings. The van der Waals surface area contributed by atoms with Gasteiger partial charge in [-0.05, 0) is 12.1 Å². The summed E-state index contributed by atoms with van der Waals surface area (Å²) in [5.74, 6) is -4.46. The number of hydrogen-bond acceptors (Lipinski definition) is 4. The second-order valence-corrected chi connectivity index (χ2v) is 5.07. The van der Waals surface area contributed by atoms with Crippen molar-refractivity contribution in [3.63, 3.8) is 0 Å². The number of carboxylic acid groups (broad SMARTS) is 1. The van der Waals surface area contributed by atoms with Crippen molar-refractivity contribution in [3.8, 4) is 5.75 Å². The minimum Gasteiger partial charge on any atom is -0.493 e. The van der Waals surface area contributed by atoms with Crippen molar-refractivity contribution in [2.75, 3.05) is 20.2 Å². The van der Waals surface area contributed by atoms with Gasteiger partial charge in [0, 0.05) is 25.9 Å². The number of halogens is 2. The van der Waals surface area contributed by atoms with E-state index in [0.717, 1.165) is 24.1 Å². The Hall–Kier alpha value is -2.22. The number of piperidine rings is 1. The number of carboxylic acids is 1. The van der Waals surface area contributed by atoms with Crippen molar-refractivity contribution >= 4 is 11.9 Å². The van der Waals surface area contributed by atoms with Gasteiger partial charge in [0.15, 0.2) is 17.2 Å². The fourth-order valence-corrected chi connectivity index (χ4v) is 2.38. The third-order valence-corrected chi connectivity index (χ3v) is 3.75. The van der Waals surface area contributed by atoms with Gasteiger partial charge in [-0.15, -0.1) is 0 Å². The van der Waals surface area contributed by atoms with E-state index in [0.29, 0.717) is 0 Å². The largest absolute Gasteiger partial charge is 0.493 e. The lowest BCUT2D eigenvalue weighted by atomic mass is 9.91. The van der Waals surface area contributed by atoms with E-state index >= 15 is 0 Å². The van der Waals surface area contributed by atoms with Gasteiger partial charge in [0.1, 0.15) is 11.4 Å². The van der Waals surface area contributed by atoms with Crippen LogP contribution in [0.15, 0.2) is 12.1 Å². The summed E-state index contributed by atoms with van der Waals surface area (Å²) in [6, 6.07) is 1.67. The van der Waals surface area contributed by atoms with Crippen molar-refractivity contribution in [2.24, 2.45) is 0 Å². The van der Waals surface area contributed by atoms with E-state index in [9.17, 15) is 23.5 Å². The molecule has 8 heteroatoms. The van der Waals surface area contributed by atoms with E-state index in [2.05, 4.69) is 0 Å². The van der Waals surface area contributed by atoms with Crippen LogP contribution in [0, 0.1) is 11.6 Å². The molecule has 1 heterocycles. The summed E-state index contributed by atoms with van der Waals surface area (Å²) in [6.07, 6.45) is -0.374. The molecule has 1 aliphatic rings. The van der Waals surface area contributed by atoms with Crippen LogP contribution in [0.5, 0.6) is 5.75 Å². The predicted octanol–water partition coefficient (Wildman–Crippen LogP) is 1.03. The van der Waals surface area contributed by atoms with E-state index < -0.39 is 40.4 Å². The number of amides is 1. The topological polar surface area (TPSA) is 87.1 Å². The Balaban J connectivity index is 2.24. The first-order valence-corrected chi connectivity index (χ1v) is 6.57. The predicted molar refractivity (Wildman–Crippen MR) is 70.6 cm³/mol. The maximum atomic E-state index is 13.9. The first-order valence-electron chi connectivity index (χ1n) is 6.57. The van der Waals surface area contributed by atoms with Gasteiger partial charge in [-0.1, -0.05) is 0 Å². The maximum absolute atomic E-state index is 13.9. The zero-order chi connectivity index (χ0) is 16.5. The molecule has 0 spiro atoms. The molecular formula is C14H15F2NO5. The molecule has 0 aliphatic carbocycles. The van der Waals surface area contributed by atoms with Crippen LogP contribution in [0.25, 0.3) is 0 Å². The molecule has 2 N–H and O–H groups in total. The number of carbonyl (C=O) groups is 2. The molecule has 1 saturated heterocycles. The average Bonchev–Trinajstić information content (AvgIpc) is 2.49. The number of nitrogens with zero attached hydrogens (tertiary/aromatic N) is 1. The van der Waals surface area contributed by atoms with Crippen LogP contribution < -0.4 is 4.74 Å². The average molecular weight is 315 g/mol. The third kappa shape index (κ3) is 2.74. The van der Waals surface area contributed by atoms with Crippen molar-refractivity contribution < 1.29 is 33.3 Å². The van der Waals surface area contributed by atoms with Crippen molar-refractivity contribution in [2.45, 2.75) is 18.4 Å². The summed E-state index contributed by atoms with van der Waals surface area (Å²) in [5.41, 5.74) is -2.44. The summed E-state index contributed by atoms with van der Waals surface area (Å²) in [6.45, 7) is -0.165. The summed E-state index contributed by atoms with van der Waals surface area (Å²) in [4.78, 5) is 24.4. The number of likely N-dealkylation sites (tertiary alicyclic amines) is 1. The number of aliphatic hydroxyl groups is 1. The summed E-state index contributed by atoms with van der Waals surface area (Å²) in [7, 11) is 1.12. The van der Waals surface area contributed by atoms with E-state index in [4.69, 9.17) is 9.84 Å². The Morgan fingerprint density at radius 1 is 1.23 bits per heavy atom. The lowest BCUT2D eigenvalue weighted by Crippen LogP contribution is -2.51. The molecular weight excluding hydrogens is 300 g/mol. The Labute approximate surface area is 124 Å². The molecule has 1 aromatic carbocycles.